The van der Waals surface area contributed by atoms with Gasteiger partial charge in [0.15, 0.2) is 0 Å². The zero-order valence-corrected chi connectivity index (χ0v) is 22.4. The van der Waals surface area contributed by atoms with Gasteiger partial charge in [-0.3, -0.25) is 14.9 Å². The Morgan fingerprint density at radius 1 is 1.16 bits per heavy atom. The highest BCUT2D eigenvalue weighted by Crippen LogP contribution is 2.41. The number of likely N-dealkylation sites (tertiary alicyclic amines) is 1. The van der Waals surface area contributed by atoms with Crippen molar-refractivity contribution in [3.63, 3.8) is 0 Å². The first-order valence-electron chi connectivity index (χ1n) is 12.5. The van der Waals surface area contributed by atoms with Crippen LogP contribution in [-0.2, 0) is 26.3 Å². The molecule has 2 heterocycles. The third-order valence-corrected chi connectivity index (χ3v) is 7.37. The molecular weight excluding hydrogens is 515 g/mol. The molecule has 198 valence electrons. The van der Waals surface area contributed by atoms with E-state index in [0.29, 0.717) is 54.5 Å². The predicted octanol–water partition coefficient (Wildman–Crippen LogP) is 4.47. The SMILES string of the molecule is CC(C)C[C@H](NC1(Cc2cccc(Cl)c2)C(=O)Nc2cc(Cl)ccc21)C(=O)N1CCC(OC(N)=O)CC1. The maximum atomic E-state index is 13.8. The van der Waals surface area contributed by atoms with E-state index in [1.807, 2.05) is 38.1 Å². The van der Waals surface area contributed by atoms with E-state index in [2.05, 4.69) is 10.6 Å². The normalized spacial score (nSPS) is 20.5. The number of nitrogens with two attached hydrogens (primary N) is 1. The average Bonchev–Trinajstić information content (AvgIpc) is 3.08. The summed E-state index contributed by atoms with van der Waals surface area (Å²) in [6.45, 7) is 4.96. The fourth-order valence-corrected chi connectivity index (χ4v) is 5.62. The number of hydrogen-bond acceptors (Lipinski definition) is 5. The maximum Gasteiger partial charge on any atom is 0.404 e. The number of hydrogen-bond donors (Lipinski definition) is 3. The van der Waals surface area contributed by atoms with E-state index in [1.54, 1.807) is 23.1 Å². The number of fused-ring (bicyclic) bond motifs is 1. The largest absolute Gasteiger partial charge is 0.446 e. The lowest BCUT2D eigenvalue weighted by atomic mass is 9.83. The molecule has 0 spiro atoms. The van der Waals surface area contributed by atoms with Crippen LogP contribution in [0.3, 0.4) is 0 Å². The van der Waals surface area contributed by atoms with Gasteiger partial charge in [0.25, 0.3) is 0 Å². The minimum atomic E-state index is -1.20. The van der Waals surface area contributed by atoms with Crippen molar-refractivity contribution < 1.29 is 19.1 Å². The molecule has 10 heteroatoms. The molecule has 0 bridgehead atoms. The molecule has 4 rings (SSSR count). The molecule has 2 aromatic rings. The Labute approximate surface area is 226 Å². The molecule has 1 fully saturated rings. The predicted molar refractivity (Wildman–Crippen MR) is 144 cm³/mol. The van der Waals surface area contributed by atoms with Gasteiger partial charge in [-0.25, -0.2) is 4.79 Å². The first-order chi connectivity index (χ1) is 17.6. The Morgan fingerprint density at radius 3 is 2.51 bits per heavy atom. The number of amides is 3. The zero-order chi connectivity index (χ0) is 26.7. The van der Waals surface area contributed by atoms with E-state index in [-0.39, 0.29) is 23.8 Å². The summed E-state index contributed by atoms with van der Waals surface area (Å²) in [7, 11) is 0. The number of nitrogens with one attached hydrogen (secondary N) is 2. The first kappa shape index (κ1) is 27.2. The highest BCUT2D eigenvalue weighted by molar-refractivity contribution is 6.31. The minimum absolute atomic E-state index is 0.0908. The number of rotatable bonds is 8. The second-order valence-electron chi connectivity index (χ2n) is 10.1. The summed E-state index contributed by atoms with van der Waals surface area (Å²) in [6.07, 6.45) is 0.744. The Kier molecular flexibility index (Phi) is 8.31. The Hall–Kier alpha value is -2.81. The fraction of sp³-hybridized carbons (Fsp3) is 0.444. The smallest absolute Gasteiger partial charge is 0.404 e. The number of primary amides is 1. The number of halogens is 2. The Bertz CT molecular complexity index is 1180. The van der Waals surface area contributed by atoms with Crippen LogP contribution in [-0.4, -0.2) is 48.0 Å². The average molecular weight is 547 g/mol. The van der Waals surface area contributed by atoms with Crippen molar-refractivity contribution in [3.05, 3.63) is 63.6 Å². The summed E-state index contributed by atoms with van der Waals surface area (Å²) < 4.78 is 5.12. The Balaban J connectivity index is 1.66. The van der Waals surface area contributed by atoms with Crippen molar-refractivity contribution in [2.45, 2.75) is 57.2 Å². The highest BCUT2D eigenvalue weighted by Gasteiger charge is 2.49. The van der Waals surface area contributed by atoms with Gasteiger partial charge in [-0.05, 0) is 42.2 Å². The molecule has 8 nitrogen and oxygen atoms in total. The monoisotopic (exact) mass is 546 g/mol. The summed E-state index contributed by atoms with van der Waals surface area (Å²) in [4.78, 5) is 40.4. The molecule has 0 radical (unpaired) electrons. The molecule has 2 aliphatic rings. The van der Waals surface area contributed by atoms with Gasteiger partial charge in [0.1, 0.15) is 11.6 Å². The van der Waals surface area contributed by atoms with Crippen LogP contribution in [0.5, 0.6) is 0 Å². The van der Waals surface area contributed by atoms with Gasteiger partial charge in [0, 0.05) is 53.6 Å². The molecule has 3 amide bonds. The number of carbonyl (C=O) groups is 3. The number of piperidine rings is 1. The molecule has 4 N–H and O–H groups in total. The van der Waals surface area contributed by atoms with Crippen LogP contribution in [0.25, 0.3) is 0 Å². The van der Waals surface area contributed by atoms with E-state index in [9.17, 15) is 14.4 Å². The van der Waals surface area contributed by atoms with Crippen molar-refractivity contribution in [3.8, 4) is 0 Å². The van der Waals surface area contributed by atoms with Gasteiger partial charge >= 0.3 is 6.09 Å². The van der Waals surface area contributed by atoms with Gasteiger partial charge < -0.3 is 20.7 Å². The molecule has 0 aromatic heterocycles. The topological polar surface area (TPSA) is 114 Å². The van der Waals surface area contributed by atoms with E-state index in [4.69, 9.17) is 33.7 Å². The molecule has 2 aliphatic heterocycles. The van der Waals surface area contributed by atoms with E-state index in [1.165, 1.54) is 0 Å². The van der Waals surface area contributed by atoms with Crippen molar-refractivity contribution in [1.29, 1.82) is 0 Å². The number of anilines is 1. The van der Waals surface area contributed by atoms with Crippen molar-refractivity contribution in [2.24, 2.45) is 11.7 Å². The van der Waals surface area contributed by atoms with Crippen molar-refractivity contribution >= 4 is 46.8 Å². The molecule has 37 heavy (non-hydrogen) atoms. The summed E-state index contributed by atoms with van der Waals surface area (Å²) in [5.41, 5.74) is 6.16. The van der Waals surface area contributed by atoms with Crippen LogP contribution >= 0.6 is 23.2 Å². The lowest BCUT2D eigenvalue weighted by Crippen LogP contribution is -2.59. The molecule has 2 aromatic carbocycles. The summed E-state index contributed by atoms with van der Waals surface area (Å²) >= 11 is 12.5. The third-order valence-electron chi connectivity index (χ3n) is 6.90. The number of benzene rings is 2. The fourth-order valence-electron chi connectivity index (χ4n) is 5.24. The van der Waals surface area contributed by atoms with Gasteiger partial charge in [0.05, 0.1) is 6.04 Å². The zero-order valence-electron chi connectivity index (χ0n) is 20.9. The highest BCUT2D eigenvalue weighted by atomic mass is 35.5. The minimum Gasteiger partial charge on any atom is -0.446 e. The molecule has 2 atom stereocenters. The number of ether oxygens (including phenoxy) is 1. The summed E-state index contributed by atoms with van der Waals surface area (Å²) in [5.74, 6) is -0.152. The van der Waals surface area contributed by atoms with E-state index >= 15 is 0 Å². The number of carbonyl (C=O) groups excluding carboxylic acids is 3. The van der Waals surface area contributed by atoms with Crippen LogP contribution in [0.4, 0.5) is 10.5 Å². The van der Waals surface area contributed by atoms with Crippen LogP contribution < -0.4 is 16.4 Å². The van der Waals surface area contributed by atoms with Crippen molar-refractivity contribution in [2.75, 3.05) is 18.4 Å². The second-order valence-corrected chi connectivity index (χ2v) is 11.0. The molecule has 1 unspecified atom stereocenters. The number of nitrogens with zero attached hydrogens (tertiary/aromatic N) is 1. The molecule has 0 aliphatic carbocycles. The second kappa shape index (κ2) is 11.3. The van der Waals surface area contributed by atoms with Gasteiger partial charge in [-0.15, -0.1) is 0 Å². The van der Waals surface area contributed by atoms with Crippen molar-refractivity contribution in [1.82, 2.24) is 10.2 Å². The first-order valence-corrected chi connectivity index (χ1v) is 13.2. The molecule has 1 saturated heterocycles. The van der Waals surface area contributed by atoms with E-state index in [0.717, 1.165) is 11.1 Å². The van der Waals surface area contributed by atoms with Gasteiger partial charge in [0.2, 0.25) is 11.8 Å². The molecule has 0 saturated carbocycles. The van der Waals surface area contributed by atoms with Crippen LogP contribution in [0, 0.1) is 5.92 Å². The Morgan fingerprint density at radius 2 is 1.86 bits per heavy atom. The van der Waals surface area contributed by atoms with Crippen LogP contribution in [0.1, 0.15) is 44.2 Å². The lowest BCUT2D eigenvalue weighted by Gasteiger charge is -2.38. The lowest BCUT2D eigenvalue weighted by molar-refractivity contribution is -0.137. The summed E-state index contributed by atoms with van der Waals surface area (Å²) in [5, 5.41) is 7.54. The van der Waals surface area contributed by atoms with Crippen LogP contribution in [0.15, 0.2) is 42.5 Å². The summed E-state index contributed by atoms with van der Waals surface area (Å²) in [6, 6.07) is 12.0. The van der Waals surface area contributed by atoms with Gasteiger partial charge in [-0.2, -0.15) is 0 Å². The third kappa shape index (κ3) is 6.20. The molecular formula is C27H32Cl2N4O4. The van der Waals surface area contributed by atoms with Crippen LogP contribution in [0.2, 0.25) is 10.0 Å². The quantitative estimate of drug-likeness (QED) is 0.451. The van der Waals surface area contributed by atoms with Gasteiger partial charge in [-0.1, -0.05) is 55.2 Å². The standard InChI is InChI=1S/C27H32Cl2N4O4/c1-16(2)12-23(24(34)33-10-8-20(9-11-33)37-26(30)36)32-27(15-17-4-3-5-18(28)13-17)21-7-6-19(29)14-22(21)31-25(27)35/h3-7,13-14,16,20,23,32H,8-12,15H2,1-2H3,(H2,30,36)(H,31,35)/t23-,27?/m0/s1. The van der Waals surface area contributed by atoms with E-state index < -0.39 is 17.7 Å². The maximum absolute atomic E-state index is 13.8.